The highest BCUT2D eigenvalue weighted by molar-refractivity contribution is 5.43. The first kappa shape index (κ1) is 25.2. The molecule has 1 saturated heterocycles. The lowest BCUT2D eigenvalue weighted by Crippen LogP contribution is -2.46. The summed E-state index contributed by atoms with van der Waals surface area (Å²) in [6, 6.07) is 6.70. The highest BCUT2D eigenvalue weighted by Gasteiger charge is 2.34. The van der Waals surface area contributed by atoms with Gasteiger partial charge in [0.25, 0.3) is 0 Å². The molecule has 1 heterocycles. The maximum atomic E-state index is 10.1. The smallest absolute Gasteiger partial charge is 0.161 e. The van der Waals surface area contributed by atoms with Gasteiger partial charge >= 0.3 is 0 Å². The molecule has 0 amide bonds. The molecule has 2 aliphatic rings. The molecule has 182 valence electrons. The van der Waals surface area contributed by atoms with Crippen molar-refractivity contribution in [3.05, 3.63) is 23.8 Å². The van der Waals surface area contributed by atoms with E-state index in [0.717, 1.165) is 44.3 Å². The Morgan fingerprint density at radius 2 is 1.97 bits per heavy atom. The first-order valence-corrected chi connectivity index (χ1v) is 12.2. The monoisotopic (exact) mass is 450 g/mol. The van der Waals surface area contributed by atoms with Crippen LogP contribution in [0.5, 0.6) is 11.5 Å². The number of hydrogen-bond acceptors (Lipinski definition) is 7. The fourth-order valence-corrected chi connectivity index (χ4v) is 4.69. The van der Waals surface area contributed by atoms with Gasteiger partial charge < -0.3 is 29.7 Å². The van der Waals surface area contributed by atoms with Gasteiger partial charge in [-0.2, -0.15) is 0 Å². The Balaban J connectivity index is 1.47. The van der Waals surface area contributed by atoms with Gasteiger partial charge in [0.15, 0.2) is 11.5 Å². The number of likely N-dealkylation sites (tertiary alicyclic amines) is 1. The molecule has 3 rings (SSSR count). The van der Waals surface area contributed by atoms with Crippen molar-refractivity contribution < 1.29 is 24.4 Å². The van der Waals surface area contributed by atoms with Gasteiger partial charge in [-0.05, 0) is 43.4 Å². The van der Waals surface area contributed by atoms with Crippen molar-refractivity contribution in [2.45, 2.75) is 82.8 Å². The minimum atomic E-state index is -0.574. The number of hydrogen-bond donors (Lipinski definition) is 3. The predicted octanol–water partition coefficient (Wildman–Crippen LogP) is 2.37. The average molecular weight is 451 g/mol. The van der Waals surface area contributed by atoms with Crippen molar-refractivity contribution in [1.82, 2.24) is 10.2 Å². The minimum Gasteiger partial charge on any atom is -0.493 e. The standard InChI is InChI=1S/C25H42N2O5/c1-18(2)26-15-21(29)17-32-24-9-8-19(14-25(24)30-3)11-13-31-23-7-5-4-6-22(23)27-12-10-20(28)16-27/h8-9,14,18,20-23,26,28-29H,4-7,10-13,15-17H2,1-3H3/t20?,21-,22-,23-/m1/s1. The molecule has 32 heavy (non-hydrogen) atoms. The Kier molecular flexibility index (Phi) is 10.1. The van der Waals surface area contributed by atoms with Crippen LogP contribution in [0.3, 0.4) is 0 Å². The third-order valence-corrected chi connectivity index (χ3v) is 6.48. The molecule has 0 aromatic heterocycles. The zero-order valence-electron chi connectivity index (χ0n) is 20.0. The van der Waals surface area contributed by atoms with Crippen LogP contribution < -0.4 is 14.8 Å². The zero-order valence-corrected chi connectivity index (χ0v) is 20.0. The van der Waals surface area contributed by atoms with E-state index in [-0.39, 0.29) is 18.8 Å². The summed E-state index contributed by atoms with van der Waals surface area (Å²) in [5.41, 5.74) is 1.14. The lowest BCUT2D eigenvalue weighted by molar-refractivity contribution is -0.0316. The summed E-state index contributed by atoms with van der Waals surface area (Å²) < 4.78 is 17.6. The van der Waals surface area contributed by atoms with E-state index in [9.17, 15) is 10.2 Å². The number of nitrogens with one attached hydrogen (secondary N) is 1. The fraction of sp³-hybridized carbons (Fsp3) is 0.760. The quantitative estimate of drug-likeness (QED) is 0.451. The largest absolute Gasteiger partial charge is 0.493 e. The van der Waals surface area contributed by atoms with Crippen molar-refractivity contribution in [3.63, 3.8) is 0 Å². The molecule has 1 aromatic rings. The molecular formula is C25H42N2O5. The SMILES string of the molecule is COc1cc(CCO[C@@H]2CCCC[C@H]2N2CCC(O)C2)ccc1OC[C@H](O)CNC(C)C. The molecule has 1 aliphatic heterocycles. The number of β-amino-alcohol motifs (C(OH)–C–C–N with tert-alkyl or cyclic N) is 1. The van der Waals surface area contributed by atoms with E-state index in [1.807, 2.05) is 32.0 Å². The van der Waals surface area contributed by atoms with Crippen molar-refractivity contribution >= 4 is 0 Å². The van der Waals surface area contributed by atoms with Crippen LogP contribution in [-0.2, 0) is 11.2 Å². The number of ether oxygens (including phenoxy) is 3. The van der Waals surface area contributed by atoms with Gasteiger partial charge in [0.2, 0.25) is 0 Å². The van der Waals surface area contributed by atoms with E-state index < -0.39 is 6.10 Å². The van der Waals surface area contributed by atoms with E-state index >= 15 is 0 Å². The number of nitrogens with zero attached hydrogens (tertiary/aromatic N) is 1. The number of aliphatic hydroxyl groups is 2. The van der Waals surface area contributed by atoms with Crippen LogP contribution in [0.15, 0.2) is 18.2 Å². The van der Waals surface area contributed by atoms with E-state index in [1.165, 1.54) is 12.8 Å². The van der Waals surface area contributed by atoms with Crippen LogP contribution in [0.25, 0.3) is 0 Å². The normalized spacial score (nSPS) is 25.2. The van der Waals surface area contributed by atoms with Gasteiger partial charge in [-0.1, -0.05) is 32.8 Å². The molecule has 4 atom stereocenters. The van der Waals surface area contributed by atoms with Crippen LogP contribution in [-0.4, -0.2) is 85.5 Å². The third-order valence-electron chi connectivity index (χ3n) is 6.48. The lowest BCUT2D eigenvalue weighted by atomic mass is 9.91. The second-order valence-electron chi connectivity index (χ2n) is 9.46. The first-order valence-electron chi connectivity index (χ1n) is 12.2. The number of aliphatic hydroxyl groups excluding tert-OH is 2. The summed E-state index contributed by atoms with van der Waals surface area (Å²) in [7, 11) is 1.64. The second-order valence-corrected chi connectivity index (χ2v) is 9.46. The Bertz CT molecular complexity index is 686. The van der Waals surface area contributed by atoms with Crippen LogP contribution in [0, 0.1) is 0 Å². The molecule has 1 aliphatic carbocycles. The Hall–Kier alpha value is -1.38. The number of methoxy groups -OCH3 is 1. The van der Waals surface area contributed by atoms with Crippen molar-refractivity contribution in [1.29, 1.82) is 0 Å². The number of benzene rings is 1. The molecule has 0 radical (unpaired) electrons. The summed E-state index contributed by atoms with van der Waals surface area (Å²) in [5.74, 6) is 1.31. The van der Waals surface area contributed by atoms with E-state index in [1.54, 1.807) is 7.11 Å². The maximum absolute atomic E-state index is 10.1. The topological polar surface area (TPSA) is 83.4 Å². The Morgan fingerprint density at radius 1 is 1.16 bits per heavy atom. The maximum Gasteiger partial charge on any atom is 0.161 e. The molecule has 1 saturated carbocycles. The predicted molar refractivity (Wildman–Crippen MR) is 126 cm³/mol. The zero-order chi connectivity index (χ0) is 22.9. The van der Waals surface area contributed by atoms with Crippen LogP contribution >= 0.6 is 0 Å². The van der Waals surface area contributed by atoms with E-state index in [4.69, 9.17) is 14.2 Å². The molecule has 1 unspecified atom stereocenters. The average Bonchev–Trinajstić information content (AvgIpc) is 3.23. The highest BCUT2D eigenvalue weighted by Crippen LogP contribution is 2.30. The van der Waals surface area contributed by atoms with Gasteiger partial charge in [-0.3, -0.25) is 4.90 Å². The second kappa shape index (κ2) is 12.8. The van der Waals surface area contributed by atoms with E-state index in [0.29, 0.717) is 36.7 Å². The third kappa shape index (κ3) is 7.59. The van der Waals surface area contributed by atoms with Crippen molar-refractivity contribution in [2.75, 3.05) is 40.0 Å². The molecule has 2 fully saturated rings. The van der Waals surface area contributed by atoms with Crippen molar-refractivity contribution in [2.24, 2.45) is 0 Å². The van der Waals surface area contributed by atoms with Gasteiger partial charge in [0.05, 0.1) is 25.9 Å². The summed E-state index contributed by atoms with van der Waals surface area (Å²) in [5, 5.41) is 23.2. The van der Waals surface area contributed by atoms with Gasteiger partial charge in [-0.15, -0.1) is 0 Å². The van der Waals surface area contributed by atoms with Gasteiger partial charge in [-0.25, -0.2) is 0 Å². The van der Waals surface area contributed by atoms with Gasteiger partial charge in [0.1, 0.15) is 12.7 Å². The number of rotatable bonds is 12. The Labute approximate surface area is 193 Å². The van der Waals surface area contributed by atoms with Gasteiger partial charge in [0, 0.05) is 31.7 Å². The van der Waals surface area contributed by atoms with Crippen LogP contribution in [0.2, 0.25) is 0 Å². The molecule has 0 bridgehead atoms. The summed E-state index contributed by atoms with van der Waals surface area (Å²) >= 11 is 0. The fourth-order valence-electron chi connectivity index (χ4n) is 4.69. The molecule has 0 spiro atoms. The van der Waals surface area contributed by atoms with Crippen LogP contribution in [0.4, 0.5) is 0 Å². The summed E-state index contributed by atoms with van der Waals surface area (Å²) in [6.45, 7) is 7.23. The van der Waals surface area contributed by atoms with Crippen molar-refractivity contribution in [3.8, 4) is 11.5 Å². The molecule has 3 N–H and O–H groups in total. The highest BCUT2D eigenvalue weighted by atomic mass is 16.5. The summed E-state index contributed by atoms with van der Waals surface area (Å²) in [4.78, 5) is 2.43. The van der Waals surface area contributed by atoms with E-state index in [2.05, 4.69) is 10.2 Å². The Morgan fingerprint density at radius 3 is 2.69 bits per heavy atom. The molecule has 7 nitrogen and oxygen atoms in total. The molecule has 7 heteroatoms. The minimum absolute atomic E-state index is 0.182. The lowest BCUT2D eigenvalue weighted by Gasteiger charge is -2.37. The van der Waals surface area contributed by atoms with Crippen LogP contribution in [0.1, 0.15) is 51.5 Å². The molecule has 1 aromatic carbocycles. The summed E-state index contributed by atoms with van der Waals surface area (Å²) in [6.07, 6.45) is 5.91. The first-order chi connectivity index (χ1) is 15.5. The molecular weight excluding hydrogens is 408 g/mol.